The number of nitrogens with two attached hydrogens (primary N) is 1. The Kier molecular flexibility index (Phi) is 3.13. The van der Waals surface area contributed by atoms with Crippen LogP contribution >= 0.6 is 0 Å². The van der Waals surface area contributed by atoms with Crippen molar-refractivity contribution >= 4 is 27.7 Å². The maximum Gasteiger partial charge on any atom is 0.293 e. The van der Waals surface area contributed by atoms with E-state index in [-0.39, 0.29) is 34.5 Å². The van der Waals surface area contributed by atoms with Crippen molar-refractivity contribution < 1.29 is 8.91 Å². The molecule has 2 aromatic heterocycles. The normalized spacial score (nSPS) is 23.4. The summed E-state index contributed by atoms with van der Waals surface area (Å²) in [7, 11) is 0. The van der Waals surface area contributed by atoms with E-state index in [2.05, 4.69) is 5.16 Å². The monoisotopic (exact) mass is 358 g/mol. The minimum atomic E-state index is -0.579. The van der Waals surface area contributed by atoms with Crippen LogP contribution < -0.4 is 21.6 Å². The zero-order chi connectivity index (χ0) is 18.2. The van der Waals surface area contributed by atoms with Gasteiger partial charge in [-0.25, -0.2) is 4.39 Å². The van der Waals surface area contributed by atoms with Crippen molar-refractivity contribution in [3.05, 3.63) is 38.5 Å². The summed E-state index contributed by atoms with van der Waals surface area (Å²) >= 11 is 0. The number of anilines is 1. The highest BCUT2D eigenvalue weighted by molar-refractivity contribution is 5.93. The van der Waals surface area contributed by atoms with Crippen LogP contribution in [0.2, 0.25) is 0 Å². The summed E-state index contributed by atoms with van der Waals surface area (Å²) in [6.07, 6.45) is 1.86. The third kappa shape index (κ3) is 2.08. The van der Waals surface area contributed by atoms with Crippen LogP contribution in [0.15, 0.2) is 26.2 Å². The quantitative estimate of drug-likeness (QED) is 0.727. The standard InChI is InChI=1S/C18H19FN4O3/c1-8-6-22(7-12(8)20)14-5-13-10(4-11(14)19)16(24)15-17(25)21-26-18(15)23(13)9-2-3-9/h4-5,8-9,12H,2-3,6-7,20H2,1H3,(H,21,25). The molecule has 5 rings (SSSR count). The molecule has 0 radical (unpaired) electrons. The molecule has 1 saturated heterocycles. The molecule has 3 N–H and O–H groups in total. The molecule has 0 spiro atoms. The Labute approximate surface area is 147 Å². The fourth-order valence-corrected chi connectivity index (χ4v) is 3.97. The first-order valence-corrected chi connectivity index (χ1v) is 8.85. The van der Waals surface area contributed by atoms with Gasteiger partial charge in [0.2, 0.25) is 11.1 Å². The Morgan fingerprint density at radius 2 is 2.04 bits per heavy atom. The number of pyridine rings is 1. The number of benzene rings is 1. The number of rotatable bonds is 2. The highest BCUT2D eigenvalue weighted by Crippen LogP contribution is 2.40. The lowest BCUT2D eigenvalue weighted by Crippen LogP contribution is -2.28. The molecular weight excluding hydrogens is 339 g/mol. The van der Waals surface area contributed by atoms with Gasteiger partial charge in [0.05, 0.1) is 11.2 Å². The summed E-state index contributed by atoms with van der Waals surface area (Å²) in [5, 5.41) is 2.39. The molecule has 2 atom stereocenters. The molecule has 2 fully saturated rings. The van der Waals surface area contributed by atoms with Gasteiger partial charge in [-0.3, -0.25) is 9.59 Å². The average molecular weight is 358 g/mol. The van der Waals surface area contributed by atoms with Gasteiger partial charge >= 0.3 is 0 Å². The van der Waals surface area contributed by atoms with Gasteiger partial charge in [-0.05, 0) is 30.9 Å². The molecule has 3 aromatic rings. The van der Waals surface area contributed by atoms with Crippen molar-refractivity contribution in [3.63, 3.8) is 0 Å². The minimum absolute atomic E-state index is 0.0131. The summed E-state index contributed by atoms with van der Waals surface area (Å²) in [5.41, 5.74) is 6.27. The highest BCUT2D eigenvalue weighted by Gasteiger charge is 2.32. The molecule has 2 aliphatic rings. The molecule has 1 saturated carbocycles. The Hall–Kier alpha value is -2.61. The van der Waals surface area contributed by atoms with Crippen LogP contribution in [0, 0.1) is 11.7 Å². The van der Waals surface area contributed by atoms with Gasteiger partial charge in [0.25, 0.3) is 5.56 Å². The molecule has 0 bridgehead atoms. The maximum atomic E-state index is 14.8. The van der Waals surface area contributed by atoms with E-state index in [1.807, 2.05) is 16.4 Å². The molecular formula is C18H19FN4O3. The summed E-state index contributed by atoms with van der Waals surface area (Å²) in [5.74, 6) is -0.210. The van der Waals surface area contributed by atoms with Gasteiger partial charge in [0.1, 0.15) is 5.82 Å². The number of hydrogen-bond donors (Lipinski definition) is 2. The van der Waals surface area contributed by atoms with Gasteiger partial charge in [0.15, 0.2) is 5.39 Å². The van der Waals surface area contributed by atoms with Crippen LogP contribution in [0.3, 0.4) is 0 Å². The lowest BCUT2D eigenvalue weighted by molar-refractivity contribution is 0.428. The van der Waals surface area contributed by atoms with E-state index in [9.17, 15) is 14.0 Å². The summed E-state index contributed by atoms with van der Waals surface area (Å²) in [6.45, 7) is 3.28. The number of fused-ring (bicyclic) bond motifs is 2. The first-order chi connectivity index (χ1) is 12.5. The van der Waals surface area contributed by atoms with E-state index in [1.54, 1.807) is 6.07 Å². The molecule has 1 aliphatic carbocycles. The second kappa shape index (κ2) is 5.20. The zero-order valence-corrected chi connectivity index (χ0v) is 14.3. The molecule has 1 aromatic carbocycles. The van der Waals surface area contributed by atoms with Crippen molar-refractivity contribution in [1.82, 2.24) is 9.72 Å². The fraction of sp³-hybridized carbons (Fsp3) is 0.444. The van der Waals surface area contributed by atoms with Crippen LogP contribution in [0.4, 0.5) is 10.1 Å². The van der Waals surface area contributed by atoms with E-state index >= 15 is 0 Å². The lowest BCUT2D eigenvalue weighted by Gasteiger charge is -2.20. The van der Waals surface area contributed by atoms with Crippen molar-refractivity contribution in [2.75, 3.05) is 18.0 Å². The highest BCUT2D eigenvalue weighted by atomic mass is 19.1. The number of aromatic nitrogens is 2. The predicted molar refractivity (Wildman–Crippen MR) is 96.2 cm³/mol. The molecule has 3 heterocycles. The van der Waals surface area contributed by atoms with Gasteiger partial charge in [-0.2, -0.15) is 5.16 Å². The third-order valence-corrected chi connectivity index (χ3v) is 5.62. The van der Waals surface area contributed by atoms with E-state index in [0.29, 0.717) is 24.3 Å². The number of nitrogens with one attached hydrogen (secondary N) is 1. The molecule has 2 unspecified atom stereocenters. The molecule has 7 nitrogen and oxygen atoms in total. The number of H-pyrrole nitrogens is 1. The number of nitrogens with zero attached hydrogens (tertiary/aromatic N) is 2. The third-order valence-electron chi connectivity index (χ3n) is 5.62. The first kappa shape index (κ1) is 15.6. The van der Waals surface area contributed by atoms with Gasteiger partial charge in [0, 0.05) is 30.6 Å². The SMILES string of the molecule is CC1CN(c2cc3c(cc2F)c(=O)c2c(=O)[nH]oc2n3C2CC2)CC1N. The Morgan fingerprint density at radius 3 is 2.69 bits per heavy atom. The second-order valence-electron chi connectivity index (χ2n) is 7.51. The average Bonchev–Trinajstić information content (AvgIpc) is 3.28. The van der Waals surface area contributed by atoms with Crippen LogP contribution in [0.25, 0.3) is 22.0 Å². The molecule has 136 valence electrons. The Bertz CT molecular complexity index is 1150. The Morgan fingerprint density at radius 1 is 1.27 bits per heavy atom. The molecule has 1 aliphatic heterocycles. The fourth-order valence-electron chi connectivity index (χ4n) is 3.97. The molecule has 8 heteroatoms. The second-order valence-corrected chi connectivity index (χ2v) is 7.51. The summed E-state index contributed by atoms with van der Waals surface area (Å²) in [4.78, 5) is 26.7. The van der Waals surface area contributed by atoms with Crippen LogP contribution in [0.5, 0.6) is 0 Å². The van der Waals surface area contributed by atoms with Gasteiger partial charge < -0.3 is 19.7 Å². The van der Waals surface area contributed by atoms with E-state index in [0.717, 1.165) is 12.8 Å². The molecule has 0 amide bonds. The van der Waals surface area contributed by atoms with Gasteiger partial charge in [-0.15, -0.1) is 0 Å². The van der Waals surface area contributed by atoms with Crippen LogP contribution in [-0.4, -0.2) is 28.9 Å². The van der Waals surface area contributed by atoms with E-state index in [1.165, 1.54) is 6.07 Å². The molecule has 26 heavy (non-hydrogen) atoms. The van der Waals surface area contributed by atoms with Crippen molar-refractivity contribution in [2.24, 2.45) is 11.7 Å². The summed E-state index contributed by atoms with van der Waals surface area (Å²) < 4.78 is 22.0. The summed E-state index contributed by atoms with van der Waals surface area (Å²) in [6, 6.07) is 3.08. The van der Waals surface area contributed by atoms with Crippen molar-refractivity contribution in [1.29, 1.82) is 0 Å². The zero-order valence-electron chi connectivity index (χ0n) is 14.3. The first-order valence-electron chi connectivity index (χ1n) is 8.85. The lowest BCUT2D eigenvalue weighted by atomic mass is 10.1. The van der Waals surface area contributed by atoms with Gasteiger partial charge in [-0.1, -0.05) is 6.92 Å². The number of hydrogen-bond acceptors (Lipinski definition) is 5. The number of aromatic amines is 1. The number of halogens is 1. The Balaban J connectivity index is 1.83. The smallest absolute Gasteiger partial charge is 0.293 e. The van der Waals surface area contributed by atoms with Crippen molar-refractivity contribution in [3.8, 4) is 0 Å². The van der Waals surface area contributed by atoms with Crippen LogP contribution in [-0.2, 0) is 0 Å². The van der Waals surface area contributed by atoms with Crippen molar-refractivity contribution in [2.45, 2.75) is 31.8 Å². The van der Waals surface area contributed by atoms with Crippen LogP contribution in [0.1, 0.15) is 25.8 Å². The predicted octanol–water partition coefficient (Wildman–Crippen LogP) is 1.69. The van der Waals surface area contributed by atoms with E-state index in [4.69, 9.17) is 10.3 Å². The maximum absolute atomic E-state index is 14.8. The van der Waals surface area contributed by atoms with E-state index < -0.39 is 16.8 Å². The topological polar surface area (TPSA) is 97.3 Å². The minimum Gasteiger partial charge on any atom is -0.367 e. The largest absolute Gasteiger partial charge is 0.367 e.